The summed E-state index contributed by atoms with van der Waals surface area (Å²) in [6, 6.07) is 16.3. The number of rotatable bonds is 1. The van der Waals surface area contributed by atoms with Crippen LogP contribution in [-0.2, 0) is 5.54 Å². The molecule has 5 heteroatoms. The average molecular weight is 347 g/mol. The number of hydrogen-bond donors (Lipinski definition) is 1. The fourth-order valence-electron chi connectivity index (χ4n) is 4.27. The van der Waals surface area contributed by atoms with Crippen LogP contribution in [0.1, 0.15) is 34.9 Å². The molecule has 3 aromatic rings. The van der Waals surface area contributed by atoms with Crippen molar-refractivity contribution in [2.24, 2.45) is 0 Å². The molecule has 1 aromatic carbocycles. The summed E-state index contributed by atoms with van der Waals surface area (Å²) in [6.07, 6.45) is 3.87. The van der Waals surface area contributed by atoms with E-state index in [0.717, 1.165) is 24.3 Å². The normalized spacial score (nSPS) is 17.5. The van der Waals surface area contributed by atoms with E-state index in [0.29, 0.717) is 18.8 Å². The second kappa shape index (κ2) is 5.53. The van der Waals surface area contributed by atoms with Gasteiger partial charge in [0, 0.05) is 25.0 Å². The van der Waals surface area contributed by atoms with Crippen LogP contribution >= 0.6 is 0 Å². The largest absolute Gasteiger partial charge is 0.456 e. The molecule has 0 atom stereocenters. The number of nitrogens with zero attached hydrogens (tertiary/aromatic N) is 2. The molecular formula is C21H21N3O2. The third-order valence-electron chi connectivity index (χ3n) is 5.63. The number of para-hydroxylation sites is 2. The molecule has 1 N–H and O–H groups in total. The number of likely N-dealkylation sites (tertiary alicyclic amines) is 1. The highest BCUT2D eigenvalue weighted by Crippen LogP contribution is 2.43. The van der Waals surface area contributed by atoms with Crippen LogP contribution in [0.5, 0.6) is 0 Å². The molecule has 2 aliphatic rings. The third-order valence-corrected chi connectivity index (χ3v) is 5.63. The van der Waals surface area contributed by atoms with Crippen molar-refractivity contribution in [3.05, 3.63) is 71.9 Å². The van der Waals surface area contributed by atoms with Gasteiger partial charge in [0.25, 0.3) is 5.91 Å². The van der Waals surface area contributed by atoms with E-state index in [9.17, 15) is 4.79 Å². The quantitative estimate of drug-likeness (QED) is 0.725. The van der Waals surface area contributed by atoms with Gasteiger partial charge in [-0.2, -0.15) is 0 Å². The van der Waals surface area contributed by atoms with Crippen molar-refractivity contribution in [3.63, 3.8) is 0 Å². The molecule has 26 heavy (non-hydrogen) atoms. The molecule has 2 aromatic heterocycles. The van der Waals surface area contributed by atoms with Crippen molar-refractivity contribution < 1.29 is 9.21 Å². The Morgan fingerprint density at radius 3 is 2.65 bits per heavy atom. The van der Waals surface area contributed by atoms with Gasteiger partial charge < -0.3 is 19.2 Å². The van der Waals surface area contributed by atoms with Crippen LogP contribution in [0, 0.1) is 6.92 Å². The van der Waals surface area contributed by atoms with Gasteiger partial charge >= 0.3 is 0 Å². The second-order valence-corrected chi connectivity index (χ2v) is 7.19. The van der Waals surface area contributed by atoms with Gasteiger partial charge in [0.1, 0.15) is 5.76 Å². The van der Waals surface area contributed by atoms with Crippen LogP contribution in [0.3, 0.4) is 0 Å². The Kier molecular flexibility index (Phi) is 3.26. The predicted molar refractivity (Wildman–Crippen MR) is 99.7 cm³/mol. The van der Waals surface area contributed by atoms with Crippen molar-refractivity contribution in [2.75, 3.05) is 18.4 Å². The third kappa shape index (κ3) is 2.20. The number of hydrogen-bond acceptors (Lipinski definition) is 3. The maximum Gasteiger partial charge on any atom is 0.289 e. The minimum Gasteiger partial charge on any atom is -0.456 e. The Bertz CT molecular complexity index is 977. The molecular weight excluding hydrogens is 326 g/mol. The first kappa shape index (κ1) is 15.3. The van der Waals surface area contributed by atoms with Gasteiger partial charge in [0.2, 0.25) is 0 Å². The number of amides is 1. The van der Waals surface area contributed by atoms with E-state index in [-0.39, 0.29) is 11.4 Å². The lowest BCUT2D eigenvalue weighted by molar-refractivity contribution is 0.0643. The summed E-state index contributed by atoms with van der Waals surface area (Å²) < 4.78 is 7.79. The summed E-state index contributed by atoms with van der Waals surface area (Å²) >= 11 is 0. The standard InChI is InChI=1S/C21H21N3O2/c1-15-8-9-18(26-15)20(25)23-13-10-21(11-14-23)19-7-4-12-24(19)17-6-3-2-5-16(17)22-21/h2-9,12,22H,10-11,13-14H2,1H3. The average Bonchev–Trinajstić information content (AvgIpc) is 3.32. The summed E-state index contributed by atoms with van der Waals surface area (Å²) in [5.74, 6) is 1.19. The molecule has 132 valence electrons. The van der Waals surface area contributed by atoms with Gasteiger partial charge in [-0.1, -0.05) is 12.1 Å². The van der Waals surface area contributed by atoms with Crippen LogP contribution in [0.2, 0.25) is 0 Å². The molecule has 1 spiro atoms. The Morgan fingerprint density at radius 1 is 1.08 bits per heavy atom. The van der Waals surface area contributed by atoms with Crippen LogP contribution in [0.4, 0.5) is 5.69 Å². The number of aromatic nitrogens is 1. The van der Waals surface area contributed by atoms with E-state index in [4.69, 9.17) is 4.42 Å². The maximum absolute atomic E-state index is 12.7. The number of carbonyl (C=O) groups is 1. The first-order valence-corrected chi connectivity index (χ1v) is 9.07. The van der Waals surface area contributed by atoms with Gasteiger partial charge in [0.15, 0.2) is 5.76 Å². The van der Waals surface area contributed by atoms with Crippen LogP contribution in [0.25, 0.3) is 5.69 Å². The minimum atomic E-state index is -0.131. The minimum absolute atomic E-state index is 0.0143. The molecule has 1 fully saturated rings. The Balaban J connectivity index is 1.42. The SMILES string of the molecule is Cc1ccc(C(=O)N2CCC3(CC2)Nc2ccccc2-n2cccc23)o1. The van der Waals surface area contributed by atoms with E-state index in [2.05, 4.69) is 52.5 Å². The lowest BCUT2D eigenvalue weighted by Gasteiger charge is -2.46. The summed E-state index contributed by atoms with van der Waals surface area (Å²) in [7, 11) is 0. The highest BCUT2D eigenvalue weighted by molar-refractivity contribution is 5.91. The molecule has 2 aliphatic heterocycles. The first-order valence-electron chi connectivity index (χ1n) is 9.07. The lowest BCUT2D eigenvalue weighted by atomic mass is 9.82. The second-order valence-electron chi connectivity index (χ2n) is 7.19. The molecule has 5 rings (SSSR count). The van der Waals surface area contributed by atoms with E-state index in [1.807, 2.05) is 17.9 Å². The Morgan fingerprint density at radius 2 is 1.88 bits per heavy atom. The molecule has 1 saturated heterocycles. The van der Waals surface area contributed by atoms with Crippen molar-refractivity contribution in [1.82, 2.24) is 9.47 Å². The molecule has 1 amide bonds. The van der Waals surface area contributed by atoms with Crippen molar-refractivity contribution in [1.29, 1.82) is 0 Å². The molecule has 0 saturated carbocycles. The number of nitrogens with one attached hydrogen (secondary N) is 1. The van der Waals surface area contributed by atoms with Gasteiger partial charge in [0.05, 0.1) is 16.9 Å². The number of piperidine rings is 1. The van der Waals surface area contributed by atoms with Crippen molar-refractivity contribution in [3.8, 4) is 5.69 Å². The number of benzene rings is 1. The maximum atomic E-state index is 12.7. The number of fused-ring (bicyclic) bond motifs is 4. The van der Waals surface area contributed by atoms with E-state index < -0.39 is 0 Å². The van der Waals surface area contributed by atoms with Crippen LogP contribution in [0.15, 0.2) is 59.1 Å². The molecule has 0 unspecified atom stereocenters. The fraction of sp³-hybridized carbons (Fsp3) is 0.286. The van der Waals surface area contributed by atoms with E-state index in [1.165, 1.54) is 11.4 Å². The Labute approximate surface area is 152 Å². The number of furan rings is 1. The van der Waals surface area contributed by atoms with E-state index in [1.54, 1.807) is 6.07 Å². The van der Waals surface area contributed by atoms with Gasteiger partial charge in [-0.15, -0.1) is 0 Å². The summed E-state index contributed by atoms with van der Waals surface area (Å²) in [4.78, 5) is 14.6. The van der Waals surface area contributed by atoms with Crippen molar-refractivity contribution in [2.45, 2.75) is 25.3 Å². The molecule has 0 radical (unpaired) electrons. The Hall–Kier alpha value is -2.95. The monoisotopic (exact) mass is 347 g/mol. The van der Waals surface area contributed by atoms with Gasteiger partial charge in [-0.05, 0) is 56.2 Å². The van der Waals surface area contributed by atoms with E-state index >= 15 is 0 Å². The van der Waals surface area contributed by atoms with Gasteiger partial charge in [-0.3, -0.25) is 4.79 Å². The smallest absolute Gasteiger partial charge is 0.289 e. The molecule has 5 nitrogen and oxygen atoms in total. The van der Waals surface area contributed by atoms with Crippen LogP contribution < -0.4 is 5.32 Å². The molecule has 0 aliphatic carbocycles. The number of carbonyl (C=O) groups excluding carboxylic acids is 1. The molecule has 4 heterocycles. The van der Waals surface area contributed by atoms with Crippen LogP contribution in [-0.4, -0.2) is 28.5 Å². The fourth-order valence-corrected chi connectivity index (χ4v) is 4.27. The number of anilines is 1. The number of aryl methyl sites for hydroxylation is 1. The summed E-state index contributed by atoms with van der Waals surface area (Å²) in [6.45, 7) is 3.28. The lowest BCUT2D eigenvalue weighted by Crippen LogP contribution is -2.51. The highest BCUT2D eigenvalue weighted by Gasteiger charge is 2.42. The predicted octanol–water partition coefficient (Wildman–Crippen LogP) is 3.94. The first-order chi connectivity index (χ1) is 12.7. The zero-order valence-corrected chi connectivity index (χ0v) is 14.7. The van der Waals surface area contributed by atoms with Crippen molar-refractivity contribution >= 4 is 11.6 Å². The molecule has 0 bridgehead atoms. The summed E-state index contributed by atoms with van der Waals surface area (Å²) in [5.41, 5.74) is 3.48. The summed E-state index contributed by atoms with van der Waals surface area (Å²) in [5, 5.41) is 3.78. The highest BCUT2D eigenvalue weighted by atomic mass is 16.3. The zero-order chi connectivity index (χ0) is 17.7. The van der Waals surface area contributed by atoms with Gasteiger partial charge in [-0.25, -0.2) is 0 Å². The zero-order valence-electron chi connectivity index (χ0n) is 14.7. The topological polar surface area (TPSA) is 50.4 Å².